The first-order valence-electron chi connectivity index (χ1n) is 8.33. The molecule has 0 N–H and O–H groups in total. The highest BCUT2D eigenvalue weighted by atomic mass is 16.2. The SMILES string of the molecule is C#CCCC1(CCC(=O)N(C)C2CCc3ccccc3C2)N=N1. The van der Waals surface area contributed by atoms with Crippen molar-refractivity contribution in [2.45, 2.75) is 56.7 Å². The lowest BCUT2D eigenvalue weighted by atomic mass is 9.87. The molecule has 3 rings (SSSR count). The monoisotopic (exact) mass is 309 g/mol. The molecule has 4 heteroatoms. The van der Waals surface area contributed by atoms with Crippen molar-refractivity contribution in [2.75, 3.05) is 7.05 Å². The van der Waals surface area contributed by atoms with E-state index in [0.717, 1.165) is 25.7 Å². The summed E-state index contributed by atoms with van der Waals surface area (Å²) in [5.74, 6) is 2.81. The third kappa shape index (κ3) is 3.61. The van der Waals surface area contributed by atoms with Crippen molar-refractivity contribution in [2.24, 2.45) is 10.2 Å². The molecular weight excluding hydrogens is 286 g/mol. The first-order valence-corrected chi connectivity index (χ1v) is 8.33. The Kier molecular flexibility index (Phi) is 4.47. The zero-order chi connectivity index (χ0) is 16.3. The second-order valence-corrected chi connectivity index (χ2v) is 6.56. The van der Waals surface area contributed by atoms with Gasteiger partial charge in [-0.15, -0.1) is 12.3 Å². The van der Waals surface area contributed by atoms with Gasteiger partial charge in [0, 0.05) is 38.8 Å². The standard InChI is InChI=1S/C19H23N3O/c1-3-4-12-19(20-21-19)13-11-18(23)22(2)17-10-9-15-7-5-6-8-16(15)14-17/h1,5-8,17H,4,9-14H2,2H3. The van der Waals surface area contributed by atoms with Crippen LogP contribution in [0.25, 0.3) is 0 Å². The molecule has 1 aromatic rings. The summed E-state index contributed by atoms with van der Waals surface area (Å²) < 4.78 is 0. The molecule has 1 unspecified atom stereocenters. The van der Waals surface area contributed by atoms with Gasteiger partial charge in [-0.25, -0.2) is 0 Å². The summed E-state index contributed by atoms with van der Waals surface area (Å²) in [6.45, 7) is 0. The van der Waals surface area contributed by atoms with Crippen LogP contribution >= 0.6 is 0 Å². The Hall–Kier alpha value is -2.15. The number of aryl methyl sites for hydroxylation is 1. The maximum Gasteiger partial charge on any atom is 0.222 e. The zero-order valence-electron chi connectivity index (χ0n) is 13.7. The van der Waals surface area contributed by atoms with E-state index >= 15 is 0 Å². The number of benzene rings is 1. The van der Waals surface area contributed by atoms with Gasteiger partial charge in [0.05, 0.1) is 0 Å². The van der Waals surface area contributed by atoms with Crippen LogP contribution in [0.4, 0.5) is 0 Å². The molecule has 1 aliphatic carbocycles. The molecule has 4 nitrogen and oxygen atoms in total. The highest BCUT2D eigenvalue weighted by molar-refractivity contribution is 5.76. The van der Waals surface area contributed by atoms with E-state index in [1.165, 1.54) is 11.1 Å². The Bertz CT molecular complexity index is 653. The molecule has 120 valence electrons. The van der Waals surface area contributed by atoms with Crippen LogP contribution in [-0.2, 0) is 17.6 Å². The molecule has 1 aliphatic heterocycles. The number of hydrogen-bond donors (Lipinski definition) is 0. The van der Waals surface area contributed by atoms with Crippen LogP contribution in [0.15, 0.2) is 34.5 Å². The number of nitrogens with zero attached hydrogens (tertiary/aromatic N) is 3. The van der Waals surface area contributed by atoms with Gasteiger partial charge in [0.2, 0.25) is 5.91 Å². The van der Waals surface area contributed by atoms with E-state index in [4.69, 9.17) is 6.42 Å². The van der Waals surface area contributed by atoms with Gasteiger partial charge in [0.1, 0.15) is 0 Å². The highest BCUT2D eigenvalue weighted by Gasteiger charge is 2.39. The molecule has 0 spiro atoms. The van der Waals surface area contributed by atoms with Gasteiger partial charge in [-0.05, 0) is 30.4 Å². The number of carbonyl (C=O) groups excluding carboxylic acids is 1. The van der Waals surface area contributed by atoms with Crippen LogP contribution in [0.1, 0.15) is 43.2 Å². The van der Waals surface area contributed by atoms with Crippen LogP contribution in [0.2, 0.25) is 0 Å². The van der Waals surface area contributed by atoms with Crippen LogP contribution in [0.5, 0.6) is 0 Å². The second-order valence-electron chi connectivity index (χ2n) is 6.56. The fourth-order valence-electron chi connectivity index (χ4n) is 3.36. The van der Waals surface area contributed by atoms with Crippen molar-refractivity contribution in [1.29, 1.82) is 0 Å². The van der Waals surface area contributed by atoms with E-state index in [-0.39, 0.29) is 11.6 Å². The van der Waals surface area contributed by atoms with Crippen LogP contribution < -0.4 is 0 Å². The third-order valence-corrected chi connectivity index (χ3v) is 5.05. The van der Waals surface area contributed by atoms with E-state index in [1.54, 1.807) is 0 Å². The van der Waals surface area contributed by atoms with Crippen molar-refractivity contribution in [3.05, 3.63) is 35.4 Å². The number of rotatable bonds is 6. The van der Waals surface area contributed by atoms with E-state index in [9.17, 15) is 4.79 Å². The molecule has 0 fully saturated rings. The number of amides is 1. The predicted octanol–water partition coefficient (Wildman–Crippen LogP) is 3.36. The average molecular weight is 309 g/mol. The summed E-state index contributed by atoms with van der Waals surface area (Å²) in [7, 11) is 1.93. The number of carbonyl (C=O) groups is 1. The van der Waals surface area contributed by atoms with Crippen molar-refractivity contribution < 1.29 is 4.79 Å². The summed E-state index contributed by atoms with van der Waals surface area (Å²) in [6, 6.07) is 8.84. The summed E-state index contributed by atoms with van der Waals surface area (Å²) in [4.78, 5) is 14.4. The van der Waals surface area contributed by atoms with Crippen molar-refractivity contribution in [3.8, 4) is 12.3 Å². The summed E-state index contributed by atoms with van der Waals surface area (Å²) in [6.07, 6.45) is 10.9. The molecule has 1 aromatic carbocycles. The highest BCUT2D eigenvalue weighted by Crippen LogP contribution is 2.37. The number of fused-ring (bicyclic) bond motifs is 1. The molecule has 0 bridgehead atoms. The fraction of sp³-hybridized carbons (Fsp3) is 0.526. The minimum absolute atomic E-state index is 0.187. The van der Waals surface area contributed by atoms with E-state index in [2.05, 4.69) is 40.4 Å². The molecule has 2 aliphatic rings. The lowest BCUT2D eigenvalue weighted by Crippen LogP contribution is -2.40. The largest absolute Gasteiger partial charge is 0.342 e. The minimum Gasteiger partial charge on any atom is -0.342 e. The van der Waals surface area contributed by atoms with Crippen molar-refractivity contribution in [1.82, 2.24) is 4.90 Å². The van der Waals surface area contributed by atoms with E-state index in [1.807, 2.05) is 11.9 Å². The third-order valence-electron chi connectivity index (χ3n) is 5.05. The van der Waals surface area contributed by atoms with Gasteiger partial charge in [-0.2, -0.15) is 10.2 Å². The van der Waals surface area contributed by atoms with Gasteiger partial charge >= 0.3 is 0 Å². The molecule has 0 saturated carbocycles. The van der Waals surface area contributed by atoms with Gasteiger partial charge in [-0.1, -0.05) is 24.3 Å². The number of terminal acetylenes is 1. The van der Waals surface area contributed by atoms with E-state index < -0.39 is 0 Å². The second kappa shape index (κ2) is 6.54. The Labute approximate surface area is 138 Å². The number of hydrogen-bond acceptors (Lipinski definition) is 3. The number of likely N-dealkylation sites (N-methyl/N-ethyl adjacent to an activating group) is 1. The Balaban J connectivity index is 1.52. The smallest absolute Gasteiger partial charge is 0.222 e. The fourth-order valence-corrected chi connectivity index (χ4v) is 3.36. The Morgan fingerprint density at radius 1 is 1.35 bits per heavy atom. The molecule has 0 radical (unpaired) electrons. The molecule has 0 saturated heterocycles. The summed E-state index contributed by atoms with van der Waals surface area (Å²) in [5.41, 5.74) is 2.44. The van der Waals surface area contributed by atoms with Gasteiger partial charge in [0.25, 0.3) is 0 Å². The molecular formula is C19H23N3O. The molecule has 1 atom stereocenters. The zero-order valence-corrected chi connectivity index (χ0v) is 13.7. The van der Waals surface area contributed by atoms with Crippen LogP contribution in [-0.4, -0.2) is 29.6 Å². The topological polar surface area (TPSA) is 45.0 Å². The molecule has 0 aromatic heterocycles. The van der Waals surface area contributed by atoms with Gasteiger partial charge in [0.15, 0.2) is 5.66 Å². The maximum absolute atomic E-state index is 12.5. The van der Waals surface area contributed by atoms with Gasteiger partial charge < -0.3 is 4.90 Å². The average Bonchev–Trinajstić information content (AvgIpc) is 3.37. The van der Waals surface area contributed by atoms with E-state index in [0.29, 0.717) is 25.3 Å². The van der Waals surface area contributed by atoms with Crippen molar-refractivity contribution in [3.63, 3.8) is 0 Å². The molecule has 23 heavy (non-hydrogen) atoms. The Morgan fingerprint density at radius 3 is 2.78 bits per heavy atom. The normalized spacial score (nSPS) is 20.4. The summed E-state index contributed by atoms with van der Waals surface area (Å²) >= 11 is 0. The lowest BCUT2D eigenvalue weighted by Gasteiger charge is -2.32. The summed E-state index contributed by atoms with van der Waals surface area (Å²) in [5, 5.41) is 8.21. The quantitative estimate of drug-likeness (QED) is 0.743. The Morgan fingerprint density at radius 2 is 2.09 bits per heavy atom. The first kappa shape index (κ1) is 15.7. The predicted molar refractivity (Wildman–Crippen MR) is 89.9 cm³/mol. The molecule has 1 heterocycles. The maximum atomic E-state index is 12.5. The van der Waals surface area contributed by atoms with Crippen LogP contribution in [0.3, 0.4) is 0 Å². The lowest BCUT2D eigenvalue weighted by molar-refractivity contribution is -0.132. The molecule has 1 amide bonds. The minimum atomic E-state index is -0.359. The van der Waals surface area contributed by atoms with Crippen LogP contribution in [0, 0.1) is 12.3 Å². The van der Waals surface area contributed by atoms with Crippen molar-refractivity contribution >= 4 is 5.91 Å². The van der Waals surface area contributed by atoms with Gasteiger partial charge in [-0.3, -0.25) is 4.79 Å². The first-order chi connectivity index (χ1) is 11.1.